The third-order valence-electron chi connectivity index (χ3n) is 3.55. The molecule has 1 rings (SSSR count). The average Bonchev–Trinajstić information content (AvgIpc) is 2.24. The number of morpholine rings is 1. The lowest BCUT2D eigenvalue weighted by atomic mass is 9.92. The van der Waals surface area contributed by atoms with Crippen LogP contribution in [0.1, 0.15) is 27.2 Å². The second-order valence-corrected chi connectivity index (χ2v) is 5.24. The first-order chi connectivity index (χ1) is 7.49. The summed E-state index contributed by atoms with van der Waals surface area (Å²) in [6, 6.07) is 0. The zero-order valence-corrected chi connectivity index (χ0v) is 11.1. The van der Waals surface area contributed by atoms with E-state index in [4.69, 9.17) is 15.2 Å². The minimum atomic E-state index is -0.0818. The second kappa shape index (κ2) is 5.45. The molecule has 0 saturated carbocycles. The molecule has 1 aliphatic rings. The molecule has 1 fully saturated rings. The van der Waals surface area contributed by atoms with Crippen molar-refractivity contribution >= 4 is 0 Å². The summed E-state index contributed by atoms with van der Waals surface area (Å²) in [5.41, 5.74) is 5.85. The number of hydrogen-bond donors (Lipinski definition) is 1. The third kappa shape index (κ3) is 2.94. The summed E-state index contributed by atoms with van der Waals surface area (Å²) in [5.74, 6) is 0. The van der Waals surface area contributed by atoms with Crippen LogP contribution < -0.4 is 5.73 Å². The quantitative estimate of drug-likeness (QED) is 0.760. The summed E-state index contributed by atoms with van der Waals surface area (Å²) in [7, 11) is 1.74. The van der Waals surface area contributed by atoms with Gasteiger partial charge in [-0.05, 0) is 20.3 Å². The summed E-state index contributed by atoms with van der Waals surface area (Å²) in [4.78, 5) is 2.43. The first-order valence-corrected chi connectivity index (χ1v) is 6.08. The van der Waals surface area contributed by atoms with E-state index in [-0.39, 0.29) is 11.1 Å². The largest absolute Gasteiger partial charge is 0.383 e. The molecule has 0 aromatic heterocycles. The van der Waals surface area contributed by atoms with Crippen LogP contribution in [0.2, 0.25) is 0 Å². The Morgan fingerprint density at radius 3 is 2.62 bits per heavy atom. The van der Waals surface area contributed by atoms with E-state index in [2.05, 4.69) is 25.7 Å². The van der Waals surface area contributed by atoms with Crippen LogP contribution >= 0.6 is 0 Å². The lowest BCUT2D eigenvalue weighted by Gasteiger charge is -2.48. The maximum Gasteiger partial charge on any atom is 0.0753 e. The number of ether oxygens (including phenoxy) is 2. The van der Waals surface area contributed by atoms with Gasteiger partial charge < -0.3 is 15.2 Å². The van der Waals surface area contributed by atoms with E-state index in [1.165, 1.54) is 0 Å². The Morgan fingerprint density at radius 1 is 1.50 bits per heavy atom. The molecule has 0 spiro atoms. The molecule has 4 nitrogen and oxygen atoms in total. The summed E-state index contributed by atoms with van der Waals surface area (Å²) < 4.78 is 11.1. The number of rotatable bonds is 5. The fourth-order valence-electron chi connectivity index (χ4n) is 2.44. The highest BCUT2D eigenvalue weighted by atomic mass is 16.5. The van der Waals surface area contributed by atoms with Gasteiger partial charge in [-0.1, -0.05) is 6.92 Å². The molecule has 0 bridgehead atoms. The Balaban J connectivity index is 2.77. The van der Waals surface area contributed by atoms with E-state index in [0.717, 1.165) is 26.1 Å². The summed E-state index contributed by atoms with van der Waals surface area (Å²) in [6.07, 6.45) is 1.01. The van der Waals surface area contributed by atoms with Crippen molar-refractivity contribution in [1.29, 1.82) is 0 Å². The van der Waals surface area contributed by atoms with Crippen LogP contribution in [0.15, 0.2) is 0 Å². The van der Waals surface area contributed by atoms with Gasteiger partial charge in [-0.2, -0.15) is 0 Å². The summed E-state index contributed by atoms with van der Waals surface area (Å²) >= 11 is 0. The van der Waals surface area contributed by atoms with Crippen molar-refractivity contribution in [2.45, 2.75) is 38.3 Å². The van der Waals surface area contributed by atoms with Crippen molar-refractivity contribution in [3.63, 3.8) is 0 Å². The van der Waals surface area contributed by atoms with E-state index in [0.29, 0.717) is 13.2 Å². The van der Waals surface area contributed by atoms with Gasteiger partial charge in [0.2, 0.25) is 0 Å². The van der Waals surface area contributed by atoms with Crippen LogP contribution in [0.5, 0.6) is 0 Å². The molecule has 96 valence electrons. The standard InChI is InChI=1S/C12H26N2O2/c1-5-12(8-13,10-15-4)14-6-7-16-11(2,3)9-14/h5-10,13H2,1-4H3. The highest BCUT2D eigenvalue weighted by Gasteiger charge is 2.39. The van der Waals surface area contributed by atoms with Gasteiger partial charge in [0.1, 0.15) is 0 Å². The van der Waals surface area contributed by atoms with Gasteiger partial charge in [0, 0.05) is 26.7 Å². The minimum Gasteiger partial charge on any atom is -0.383 e. The number of nitrogens with two attached hydrogens (primary N) is 1. The molecule has 4 heteroatoms. The SMILES string of the molecule is CCC(CN)(COC)N1CCOC(C)(C)C1. The predicted octanol–water partition coefficient (Wildman–Crippen LogP) is 0.851. The van der Waals surface area contributed by atoms with Crippen LogP contribution in [0, 0.1) is 0 Å². The van der Waals surface area contributed by atoms with Gasteiger partial charge in [0.15, 0.2) is 0 Å². The van der Waals surface area contributed by atoms with Gasteiger partial charge >= 0.3 is 0 Å². The van der Waals surface area contributed by atoms with E-state index in [1.807, 2.05) is 0 Å². The van der Waals surface area contributed by atoms with Crippen LogP contribution in [0.3, 0.4) is 0 Å². The van der Waals surface area contributed by atoms with Gasteiger partial charge in [-0.3, -0.25) is 4.90 Å². The Bertz CT molecular complexity index is 215. The fourth-order valence-corrected chi connectivity index (χ4v) is 2.44. The molecular formula is C12H26N2O2. The Hall–Kier alpha value is -0.160. The molecule has 1 aliphatic heterocycles. The van der Waals surface area contributed by atoms with Crippen molar-refractivity contribution in [2.24, 2.45) is 5.73 Å². The van der Waals surface area contributed by atoms with E-state index in [1.54, 1.807) is 7.11 Å². The summed E-state index contributed by atoms with van der Waals surface area (Å²) in [6.45, 7) is 10.4. The fraction of sp³-hybridized carbons (Fsp3) is 1.00. The first-order valence-electron chi connectivity index (χ1n) is 6.08. The molecule has 2 N–H and O–H groups in total. The third-order valence-corrected chi connectivity index (χ3v) is 3.55. The van der Waals surface area contributed by atoms with Crippen molar-refractivity contribution in [3.05, 3.63) is 0 Å². The van der Waals surface area contributed by atoms with Crippen molar-refractivity contribution < 1.29 is 9.47 Å². The highest BCUT2D eigenvalue weighted by molar-refractivity contribution is 4.95. The first kappa shape index (κ1) is 13.9. The lowest BCUT2D eigenvalue weighted by Crippen LogP contribution is -2.63. The molecular weight excluding hydrogens is 204 g/mol. The Morgan fingerprint density at radius 2 is 2.19 bits per heavy atom. The molecule has 0 aromatic carbocycles. The normalized spacial score (nSPS) is 25.3. The molecule has 1 saturated heterocycles. The molecule has 1 unspecified atom stereocenters. The topological polar surface area (TPSA) is 47.7 Å². The average molecular weight is 230 g/mol. The van der Waals surface area contributed by atoms with Crippen LogP contribution in [-0.2, 0) is 9.47 Å². The molecule has 0 radical (unpaired) electrons. The molecule has 1 heterocycles. The van der Waals surface area contributed by atoms with E-state index in [9.17, 15) is 0 Å². The molecule has 16 heavy (non-hydrogen) atoms. The van der Waals surface area contributed by atoms with E-state index >= 15 is 0 Å². The monoisotopic (exact) mass is 230 g/mol. The van der Waals surface area contributed by atoms with Crippen molar-refractivity contribution in [2.75, 3.05) is 40.0 Å². The number of nitrogens with zero attached hydrogens (tertiary/aromatic N) is 1. The van der Waals surface area contributed by atoms with Gasteiger partial charge in [-0.15, -0.1) is 0 Å². The summed E-state index contributed by atoms with van der Waals surface area (Å²) in [5, 5.41) is 0. The second-order valence-electron chi connectivity index (χ2n) is 5.24. The minimum absolute atomic E-state index is 0.0319. The van der Waals surface area contributed by atoms with Crippen molar-refractivity contribution in [1.82, 2.24) is 4.90 Å². The molecule has 0 aromatic rings. The smallest absolute Gasteiger partial charge is 0.0753 e. The predicted molar refractivity (Wildman–Crippen MR) is 65.6 cm³/mol. The van der Waals surface area contributed by atoms with Gasteiger partial charge in [0.25, 0.3) is 0 Å². The maximum atomic E-state index is 5.96. The molecule has 1 atom stereocenters. The number of methoxy groups -OCH3 is 1. The van der Waals surface area contributed by atoms with Crippen molar-refractivity contribution in [3.8, 4) is 0 Å². The zero-order chi connectivity index (χ0) is 12.2. The lowest BCUT2D eigenvalue weighted by molar-refractivity contribution is -0.126. The van der Waals surface area contributed by atoms with Crippen LogP contribution in [-0.4, -0.2) is 56.0 Å². The van der Waals surface area contributed by atoms with Crippen LogP contribution in [0.4, 0.5) is 0 Å². The number of hydrogen-bond acceptors (Lipinski definition) is 4. The molecule has 0 aliphatic carbocycles. The van der Waals surface area contributed by atoms with Crippen LogP contribution in [0.25, 0.3) is 0 Å². The Labute approximate surface area is 99.1 Å². The Kier molecular flexibility index (Phi) is 4.73. The maximum absolute atomic E-state index is 5.96. The van der Waals surface area contributed by atoms with Gasteiger partial charge in [-0.25, -0.2) is 0 Å². The van der Waals surface area contributed by atoms with Gasteiger partial charge in [0.05, 0.1) is 24.4 Å². The zero-order valence-electron chi connectivity index (χ0n) is 11.1. The highest BCUT2D eigenvalue weighted by Crippen LogP contribution is 2.26. The van der Waals surface area contributed by atoms with E-state index < -0.39 is 0 Å². The molecule has 0 amide bonds.